The molecule has 0 saturated carbocycles. The predicted octanol–water partition coefficient (Wildman–Crippen LogP) is 2.80. The van der Waals surface area contributed by atoms with Crippen molar-refractivity contribution in [3.05, 3.63) is 0 Å². The predicted molar refractivity (Wildman–Crippen MR) is 65.9 cm³/mol. The number of hydrogen-bond donors (Lipinski definition) is 2. The van der Waals surface area contributed by atoms with Crippen LogP contribution in [0.3, 0.4) is 0 Å². The third-order valence-electron chi connectivity index (χ3n) is 2.09. The average molecular weight is 240 g/mol. The Morgan fingerprint density at radius 3 is 1.29 bits per heavy atom. The molecule has 0 atom stereocenters. The summed E-state index contributed by atoms with van der Waals surface area (Å²) < 4.78 is 8.74. The zero-order valence-electron chi connectivity index (χ0n) is 9.62. The summed E-state index contributed by atoms with van der Waals surface area (Å²) in [7, 11) is -3.36. The molecule has 0 heterocycles. The Labute approximate surface area is 90.1 Å². The maximum Gasteiger partial charge on any atom is 0.314 e. The molecule has 0 aromatic rings. The molecule has 5 heteroatoms. The van der Waals surface area contributed by atoms with Crippen LogP contribution in [0.2, 0.25) is 18.1 Å². The van der Waals surface area contributed by atoms with Crippen LogP contribution >= 0.6 is 8.25 Å². The van der Waals surface area contributed by atoms with Crippen molar-refractivity contribution >= 4 is 17.1 Å². The van der Waals surface area contributed by atoms with Crippen molar-refractivity contribution in [1.82, 2.24) is 0 Å². The summed E-state index contributed by atoms with van der Waals surface area (Å²) in [6.45, 7) is 6.97. The van der Waals surface area contributed by atoms with Gasteiger partial charge in [-0.2, -0.15) is 0 Å². The standard InChI is InChI=1S/C9H22Si.H3O3P/c1-4-7-10(8-5-2)9-6-3;1-4(2)3/h10H,4-9H2,1-3H3;4H,(H2,1,2,3). The smallest absolute Gasteiger partial charge is 0.314 e. The van der Waals surface area contributed by atoms with Gasteiger partial charge in [0.1, 0.15) is 0 Å². The van der Waals surface area contributed by atoms with Gasteiger partial charge in [-0.3, -0.25) is 4.57 Å². The van der Waals surface area contributed by atoms with Gasteiger partial charge in [-0.25, -0.2) is 0 Å². The molecule has 14 heavy (non-hydrogen) atoms. The molecular weight excluding hydrogens is 215 g/mol. The van der Waals surface area contributed by atoms with Gasteiger partial charge >= 0.3 is 8.25 Å². The molecule has 2 N–H and O–H groups in total. The lowest BCUT2D eigenvalue weighted by Gasteiger charge is -2.10. The summed E-state index contributed by atoms with van der Waals surface area (Å²) in [5.74, 6) is 0. The molecule has 0 fully saturated rings. The van der Waals surface area contributed by atoms with Crippen molar-refractivity contribution in [2.24, 2.45) is 0 Å². The van der Waals surface area contributed by atoms with Crippen LogP contribution in [0.5, 0.6) is 0 Å². The van der Waals surface area contributed by atoms with E-state index in [-0.39, 0.29) is 8.80 Å². The second-order valence-corrected chi connectivity index (χ2v) is 7.54. The van der Waals surface area contributed by atoms with Gasteiger partial charge in [-0.1, -0.05) is 58.2 Å². The summed E-state index contributed by atoms with van der Waals surface area (Å²) in [5, 5.41) is 0. The SMILES string of the molecule is CCC[SiH](CCC)CCC.O=[PH](O)O. The van der Waals surface area contributed by atoms with Crippen molar-refractivity contribution in [2.75, 3.05) is 0 Å². The first-order chi connectivity index (χ1) is 6.58. The molecular formula is C9H25O3PSi. The molecule has 0 rings (SSSR count). The second-order valence-electron chi connectivity index (χ2n) is 3.51. The Kier molecular flexibility index (Phi) is 16.0. The first kappa shape index (κ1) is 16.8. The van der Waals surface area contributed by atoms with Crippen molar-refractivity contribution < 1.29 is 14.4 Å². The van der Waals surface area contributed by atoms with Gasteiger partial charge in [0, 0.05) is 8.80 Å². The van der Waals surface area contributed by atoms with E-state index >= 15 is 0 Å². The van der Waals surface area contributed by atoms with Gasteiger partial charge in [0.25, 0.3) is 0 Å². The fourth-order valence-electron chi connectivity index (χ4n) is 1.66. The topological polar surface area (TPSA) is 57.5 Å². The first-order valence-electron chi connectivity index (χ1n) is 5.50. The second kappa shape index (κ2) is 13.4. The van der Waals surface area contributed by atoms with Crippen LogP contribution in [-0.2, 0) is 4.57 Å². The minimum atomic E-state index is -3.13. The Balaban J connectivity index is 0. The minimum absolute atomic E-state index is 0.234. The number of rotatable bonds is 6. The van der Waals surface area contributed by atoms with Gasteiger partial charge in [-0.05, 0) is 0 Å². The Bertz CT molecular complexity index is 115. The lowest BCUT2D eigenvalue weighted by molar-refractivity contribution is 0.405. The molecule has 3 nitrogen and oxygen atoms in total. The van der Waals surface area contributed by atoms with Crippen LogP contribution in [0, 0.1) is 0 Å². The molecule has 0 aliphatic heterocycles. The monoisotopic (exact) mass is 240 g/mol. The molecule has 0 aromatic carbocycles. The highest BCUT2D eigenvalue weighted by molar-refractivity contribution is 7.30. The Morgan fingerprint density at radius 1 is 0.929 bits per heavy atom. The molecule has 0 amide bonds. The minimum Gasteiger partial charge on any atom is -0.326 e. The van der Waals surface area contributed by atoms with E-state index in [4.69, 9.17) is 14.4 Å². The maximum atomic E-state index is 8.74. The summed E-state index contributed by atoms with van der Waals surface area (Å²) in [6.07, 6.45) is 4.28. The van der Waals surface area contributed by atoms with E-state index in [1.165, 1.54) is 19.3 Å². The van der Waals surface area contributed by atoms with Gasteiger partial charge in [0.05, 0.1) is 0 Å². The highest BCUT2D eigenvalue weighted by atomic mass is 31.1. The van der Waals surface area contributed by atoms with Crippen LogP contribution in [0.1, 0.15) is 40.0 Å². The lowest BCUT2D eigenvalue weighted by atomic mass is 10.6. The highest BCUT2D eigenvalue weighted by Crippen LogP contribution is 2.11. The normalized spacial score (nSPS) is 10.2. The third kappa shape index (κ3) is 18.2. The van der Waals surface area contributed by atoms with Gasteiger partial charge in [0.15, 0.2) is 0 Å². The molecule has 88 valence electrons. The molecule has 0 spiro atoms. The summed E-state index contributed by atoms with van der Waals surface area (Å²) >= 11 is 0. The molecule has 0 aromatic heterocycles. The summed E-state index contributed by atoms with van der Waals surface area (Å²) in [6, 6.07) is 4.76. The molecule has 0 saturated heterocycles. The fraction of sp³-hybridized carbons (Fsp3) is 1.00. The maximum absolute atomic E-state index is 8.74. The first-order valence-corrected chi connectivity index (χ1v) is 9.25. The number of hydrogen-bond acceptors (Lipinski definition) is 1. The highest BCUT2D eigenvalue weighted by Gasteiger charge is 2.05. The van der Waals surface area contributed by atoms with Crippen LogP contribution in [-0.4, -0.2) is 18.6 Å². The van der Waals surface area contributed by atoms with Gasteiger partial charge in [-0.15, -0.1) is 0 Å². The summed E-state index contributed by atoms with van der Waals surface area (Å²) in [4.78, 5) is 14.3. The zero-order chi connectivity index (χ0) is 11.4. The van der Waals surface area contributed by atoms with Crippen molar-refractivity contribution in [3.8, 4) is 0 Å². The molecule has 0 unspecified atom stereocenters. The van der Waals surface area contributed by atoms with Crippen molar-refractivity contribution in [2.45, 2.75) is 58.2 Å². The largest absolute Gasteiger partial charge is 0.326 e. The van der Waals surface area contributed by atoms with Crippen molar-refractivity contribution in [3.63, 3.8) is 0 Å². The van der Waals surface area contributed by atoms with Gasteiger partial charge in [0.2, 0.25) is 0 Å². The molecule has 0 radical (unpaired) electrons. The van der Waals surface area contributed by atoms with Crippen LogP contribution in [0.4, 0.5) is 0 Å². The van der Waals surface area contributed by atoms with E-state index < -0.39 is 8.25 Å². The van der Waals surface area contributed by atoms with Gasteiger partial charge < -0.3 is 9.79 Å². The zero-order valence-corrected chi connectivity index (χ0v) is 11.8. The Hall–Kier alpha value is 0.367. The Morgan fingerprint density at radius 2 is 1.14 bits per heavy atom. The van der Waals surface area contributed by atoms with Crippen LogP contribution < -0.4 is 0 Å². The van der Waals surface area contributed by atoms with Crippen LogP contribution in [0.15, 0.2) is 0 Å². The van der Waals surface area contributed by atoms with E-state index in [2.05, 4.69) is 20.8 Å². The van der Waals surface area contributed by atoms with E-state index in [0.29, 0.717) is 0 Å². The van der Waals surface area contributed by atoms with E-state index in [0.717, 1.165) is 0 Å². The average Bonchev–Trinajstić information content (AvgIpc) is 2.04. The summed E-state index contributed by atoms with van der Waals surface area (Å²) in [5.41, 5.74) is 0. The molecule has 0 aliphatic rings. The van der Waals surface area contributed by atoms with E-state index in [1.807, 2.05) is 0 Å². The molecule has 0 aliphatic carbocycles. The fourth-order valence-corrected chi connectivity index (χ4v) is 4.97. The third-order valence-corrected chi connectivity index (χ3v) is 6.27. The lowest BCUT2D eigenvalue weighted by Crippen LogP contribution is -2.09. The van der Waals surface area contributed by atoms with E-state index in [1.54, 1.807) is 18.1 Å². The van der Waals surface area contributed by atoms with E-state index in [9.17, 15) is 0 Å². The quantitative estimate of drug-likeness (QED) is 0.554. The van der Waals surface area contributed by atoms with Crippen molar-refractivity contribution in [1.29, 1.82) is 0 Å². The molecule has 0 bridgehead atoms. The van der Waals surface area contributed by atoms with Crippen LogP contribution in [0.25, 0.3) is 0 Å².